The van der Waals surface area contributed by atoms with Crippen molar-refractivity contribution in [3.63, 3.8) is 0 Å². The lowest BCUT2D eigenvalue weighted by Crippen LogP contribution is -2.44. The van der Waals surface area contributed by atoms with E-state index in [0.29, 0.717) is 0 Å². The van der Waals surface area contributed by atoms with Crippen LogP contribution in [0.25, 0.3) is 0 Å². The molecule has 0 radical (unpaired) electrons. The van der Waals surface area contributed by atoms with Crippen LogP contribution in [0.1, 0.15) is 53.4 Å². The molecule has 3 heteroatoms. The van der Waals surface area contributed by atoms with Crippen LogP contribution in [-0.2, 0) is 0 Å². The summed E-state index contributed by atoms with van der Waals surface area (Å²) in [7, 11) is 0. The third kappa shape index (κ3) is 7.36. The fraction of sp³-hybridized carbons (Fsp3) is 0.929. The van der Waals surface area contributed by atoms with Gasteiger partial charge in [-0.05, 0) is 45.8 Å². The van der Waals surface area contributed by atoms with E-state index in [9.17, 15) is 5.26 Å². The first-order valence-electron chi connectivity index (χ1n) is 7.00. The van der Waals surface area contributed by atoms with Crippen LogP contribution in [-0.4, -0.2) is 36.6 Å². The summed E-state index contributed by atoms with van der Waals surface area (Å²) in [5.41, 5.74) is -0.365. The summed E-state index contributed by atoms with van der Waals surface area (Å²) in [6.45, 7) is 12.7. The van der Waals surface area contributed by atoms with Crippen LogP contribution in [0.3, 0.4) is 0 Å². The molecule has 0 fully saturated rings. The summed E-state index contributed by atoms with van der Waals surface area (Å²) in [5, 5.41) is 12.6. The van der Waals surface area contributed by atoms with Gasteiger partial charge in [-0.15, -0.1) is 0 Å². The van der Waals surface area contributed by atoms with Crippen molar-refractivity contribution < 1.29 is 0 Å². The highest BCUT2D eigenvalue weighted by Gasteiger charge is 2.22. The van der Waals surface area contributed by atoms with Crippen LogP contribution < -0.4 is 5.32 Å². The Labute approximate surface area is 107 Å². The van der Waals surface area contributed by atoms with E-state index in [1.54, 1.807) is 0 Å². The Morgan fingerprint density at radius 3 is 2.35 bits per heavy atom. The summed E-state index contributed by atoms with van der Waals surface area (Å²) >= 11 is 0. The highest BCUT2D eigenvalue weighted by atomic mass is 15.1. The lowest BCUT2D eigenvalue weighted by molar-refractivity contribution is 0.252. The molecule has 0 heterocycles. The predicted molar refractivity (Wildman–Crippen MR) is 74.0 cm³/mol. The second-order valence-corrected chi connectivity index (χ2v) is 4.91. The summed E-state index contributed by atoms with van der Waals surface area (Å²) in [6, 6.07) is 2.41. The Hall–Kier alpha value is -0.590. The molecule has 0 aromatic carbocycles. The second kappa shape index (κ2) is 9.44. The van der Waals surface area contributed by atoms with Gasteiger partial charge in [-0.3, -0.25) is 5.32 Å². The van der Waals surface area contributed by atoms with Crippen LogP contribution in [0.5, 0.6) is 0 Å². The molecule has 0 bridgehead atoms. The van der Waals surface area contributed by atoms with Crippen LogP contribution in [0.15, 0.2) is 0 Å². The van der Waals surface area contributed by atoms with Gasteiger partial charge < -0.3 is 4.90 Å². The van der Waals surface area contributed by atoms with E-state index in [1.807, 2.05) is 6.92 Å². The van der Waals surface area contributed by atoms with Gasteiger partial charge in [-0.25, -0.2) is 0 Å². The van der Waals surface area contributed by atoms with E-state index < -0.39 is 0 Å². The molecule has 17 heavy (non-hydrogen) atoms. The number of rotatable bonds is 10. The van der Waals surface area contributed by atoms with Crippen LogP contribution >= 0.6 is 0 Å². The summed E-state index contributed by atoms with van der Waals surface area (Å²) in [4.78, 5) is 2.44. The zero-order chi connectivity index (χ0) is 13.1. The Morgan fingerprint density at radius 1 is 1.18 bits per heavy atom. The van der Waals surface area contributed by atoms with Crippen molar-refractivity contribution in [1.82, 2.24) is 10.2 Å². The number of hydrogen-bond acceptors (Lipinski definition) is 3. The molecule has 0 aliphatic heterocycles. The zero-order valence-corrected chi connectivity index (χ0v) is 12.1. The average Bonchev–Trinajstić information content (AvgIpc) is 2.36. The molecule has 0 aromatic rings. The summed E-state index contributed by atoms with van der Waals surface area (Å²) in [6.07, 6.45) is 4.46. The molecule has 1 atom stereocenters. The zero-order valence-electron chi connectivity index (χ0n) is 12.1. The van der Waals surface area contributed by atoms with Gasteiger partial charge in [0.25, 0.3) is 0 Å². The summed E-state index contributed by atoms with van der Waals surface area (Å²) < 4.78 is 0. The molecule has 0 aliphatic rings. The van der Waals surface area contributed by atoms with Crippen LogP contribution in [0.4, 0.5) is 0 Å². The SMILES string of the molecule is CCCCN(CC)CCC(C)(C#N)NCCC. The van der Waals surface area contributed by atoms with E-state index in [-0.39, 0.29) is 5.54 Å². The van der Waals surface area contributed by atoms with Gasteiger partial charge in [-0.2, -0.15) is 5.26 Å². The molecule has 3 nitrogen and oxygen atoms in total. The first kappa shape index (κ1) is 16.4. The first-order valence-corrected chi connectivity index (χ1v) is 7.00. The van der Waals surface area contributed by atoms with Crippen molar-refractivity contribution in [3.05, 3.63) is 0 Å². The van der Waals surface area contributed by atoms with Gasteiger partial charge in [0.1, 0.15) is 5.54 Å². The molecule has 0 rings (SSSR count). The molecule has 0 saturated carbocycles. The first-order chi connectivity index (χ1) is 8.11. The molecule has 1 unspecified atom stereocenters. The number of nitriles is 1. The predicted octanol–water partition coefficient (Wildman–Crippen LogP) is 2.78. The normalized spacial score (nSPS) is 14.6. The number of hydrogen-bond donors (Lipinski definition) is 1. The number of nitrogens with one attached hydrogen (secondary N) is 1. The number of nitrogens with zero attached hydrogens (tertiary/aromatic N) is 2. The molecular weight excluding hydrogens is 210 g/mol. The molecule has 0 spiro atoms. The maximum Gasteiger partial charge on any atom is 0.105 e. The Balaban J connectivity index is 4.06. The Kier molecular flexibility index (Phi) is 9.11. The average molecular weight is 239 g/mol. The van der Waals surface area contributed by atoms with Gasteiger partial charge in [0.2, 0.25) is 0 Å². The maximum atomic E-state index is 9.24. The minimum atomic E-state index is -0.365. The van der Waals surface area contributed by atoms with Crippen molar-refractivity contribution in [2.24, 2.45) is 0 Å². The van der Waals surface area contributed by atoms with E-state index in [2.05, 4.69) is 37.1 Å². The third-order valence-electron chi connectivity index (χ3n) is 3.22. The molecule has 100 valence electrons. The largest absolute Gasteiger partial charge is 0.304 e. The summed E-state index contributed by atoms with van der Waals surface area (Å²) in [5.74, 6) is 0. The topological polar surface area (TPSA) is 39.1 Å². The minimum absolute atomic E-state index is 0.365. The fourth-order valence-corrected chi connectivity index (χ4v) is 1.78. The molecule has 0 amide bonds. The highest BCUT2D eigenvalue weighted by molar-refractivity contribution is 5.03. The van der Waals surface area contributed by atoms with Gasteiger partial charge in [-0.1, -0.05) is 27.2 Å². The molecule has 0 saturated heterocycles. The highest BCUT2D eigenvalue weighted by Crippen LogP contribution is 2.10. The minimum Gasteiger partial charge on any atom is -0.304 e. The van der Waals surface area contributed by atoms with Gasteiger partial charge in [0.15, 0.2) is 0 Å². The van der Waals surface area contributed by atoms with Crippen molar-refractivity contribution in [2.45, 2.75) is 58.9 Å². The molecular formula is C14H29N3. The van der Waals surface area contributed by atoms with Gasteiger partial charge in [0.05, 0.1) is 6.07 Å². The van der Waals surface area contributed by atoms with Gasteiger partial charge in [0, 0.05) is 6.54 Å². The van der Waals surface area contributed by atoms with Gasteiger partial charge >= 0.3 is 0 Å². The quantitative estimate of drug-likeness (QED) is 0.637. The third-order valence-corrected chi connectivity index (χ3v) is 3.22. The Bertz CT molecular complexity index is 222. The van der Waals surface area contributed by atoms with E-state index in [1.165, 1.54) is 12.8 Å². The lowest BCUT2D eigenvalue weighted by atomic mass is 9.99. The second-order valence-electron chi connectivity index (χ2n) is 4.91. The standard InChI is InChI=1S/C14H29N3/c1-5-8-11-17(7-3)12-9-14(4,13-15)16-10-6-2/h16H,5-12H2,1-4H3. The van der Waals surface area contributed by atoms with Crippen molar-refractivity contribution >= 4 is 0 Å². The molecule has 0 aromatic heterocycles. The maximum absolute atomic E-state index is 9.24. The van der Waals surface area contributed by atoms with E-state index >= 15 is 0 Å². The Morgan fingerprint density at radius 2 is 1.88 bits per heavy atom. The van der Waals surface area contributed by atoms with Crippen molar-refractivity contribution in [2.75, 3.05) is 26.2 Å². The smallest absolute Gasteiger partial charge is 0.105 e. The van der Waals surface area contributed by atoms with Crippen LogP contribution in [0.2, 0.25) is 0 Å². The van der Waals surface area contributed by atoms with Crippen LogP contribution in [0, 0.1) is 11.3 Å². The lowest BCUT2D eigenvalue weighted by Gasteiger charge is -2.27. The fourth-order valence-electron chi connectivity index (χ4n) is 1.78. The monoisotopic (exact) mass is 239 g/mol. The molecule has 0 aliphatic carbocycles. The van der Waals surface area contributed by atoms with Crippen molar-refractivity contribution in [1.29, 1.82) is 5.26 Å². The number of unbranched alkanes of at least 4 members (excludes halogenated alkanes) is 1. The van der Waals surface area contributed by atoms with Crippen molar-refractivity contribution in [3.8, 4) is 6.07 Å². The molecule has 1 N–H and O–H groups in total. The van der Waals surface area contributed by atoms with E-state index in [0.717, 1.165) is 39.0 Å². The van der Waals surface area contributed by atoms with E-state index in [4.69, 9.17) is 0 Å².